The van der Waals surface area contributed by atoms with Crippen LogP contribution in [-0.4, -0.2) is 37.4 Å². The van der Waals surface area contributed by atoms with Crippen LogP contribution in [0.2, 0.25) is 5.02 Å². The number of H-pyrrole nitrogens is 1. The molecule has 3 heterocycles. The Morgan fingerprint density at radius 1 is 1.04 bits per heavy atom. The monoisotopic (exact) mass is 365 g/mol. The Kier molecular flexibility index (Phi) is 3.98. The first kappa shape index (κ1) is 16.0. The molecule has 1 aromatic carbocycles. The van der Waals surface area contributed by atoms with Gasteiger partial charge in [-0.1, -0.05) is 23.7 Å². The first-order chi connectivity index (χ1) is 12.8. The second-order valence-electron chi connectivity index (χ2n) is 7.06. The lowest BCUT2D eigenvalue weighted by Gasteiger charge is -2.36. The molecule has 0 fully saturated rings. The largest absolute Gasteiger partial charge is 0.342 e. The van der Waals surface area contributed by atoms with E-state index in [1.54, 1.807) is 12.4 Å². The summed E-state index contributed by atoms with van der Waals surface area (Å²) in [7, 11) is 0. The molecule has 3 aromatic rings. The molecule has 2 aromatic heterocycles. The van der Waals surface area contributed by atoms with Crippen LogP contribution in [0.5, 0.6) is 0 Å². The van der Waals surface area contributed by atoms with Gasteiger partial charge in [0.1, 0.15) is 5.82 Å². The predicted octanol–water partition coefficient (Wildman–Crippen LogP) is 3.44. The molecule has 0 amide bonds. The van der Waals surface area contributed by atoms with Gasteiger partial charge in [0.15, 0.2) is 0 Å². The minimum absolute atomic E-state index is 0.525. The van der Waals surface area contributed by atoms with Crippen molar-refractivity contribution in [2.75, 3.05) is 6.54 Å². The number of nitrogens with one attached hydrogen (secondary N) is 1. The zero-order valence-corrected chi connectivity index (χ0v) is 15.2. The van der Waals surface area contributed by atoms with Crippen molar-refractivity contribution in [2.24, 2.45) is 0 Å². The van der Waals surface area contributed by atoms with Gasteiger partial charge in [-0.15, -0.1) is 0 Å². The van der Waals surface area contributed by atoms with Crippen LogP contribution in [0, 0.1) is 0 Å². The number of halogens is 1. The molecule has 1 unspecified atom stereocenters. The third-order valence-corrected chi connectivity index (χ3v) is 5.84. The smallest absolute Gasteiger partial charge is 0.139 e. The average Bonchev–Trinajstić information content (AvgIpc) is 3.11. The Balaban J connectivity index is 1.37. The minimum atomic E-state index is 0.525. The van der Waals surface area contributed by atoms with Crippen molar-refractivity contribution < 1.29 is 0 Å². The van der Waals surface area contributed by atoms with Crippen molar-refractivity contribution in [3.8, 4) is 11.4 Å². The molecule has 1 atom stereocenters. The van der Waals surface area contributed by atoms with Crippen molar-refractivity contribution >= 4 is 11.6 Å². The summed E-state index contributed by atoms with van der Waals surface area (Å²) in [6, 6.07) is 8.40. The van der Waals surface area contributed by atoms with Crippen LogP contribution in [0.3, 0.4) is 0 Å². The maximum atomic E-state index is 6.34. The number of hydrogen-bond donors (Lipinski definition) is 1. The Morgan fingerprint density at radius 3 is 2.77 bits per heavy atom. The number of nitrogens with zero attached hydrogens (tertiary/aromatic N) is 4. The van der Waals surface area contributed by atoms with E-state index in [0.717, 1.165) is 66.6 Å². The summed E-state index contributed by atoms with van der Waals surface area (Å²) >= 11 is 6.34. The maximum absolute atomic E-state index is 6.34. The molecule has 0 bridgehead atoms. The quantitative estimate of drug-likeness (QED) is 0.755. The molecule has 5 nitrogen and oxygen atoms in total. The summed E-state index contributed by atoms with van der Waals surface area (Å²) < 4.78 is 0. The maximum Gasteiger partial charge on any atom is 0.139 e. The first-order valence-corrected chi connectivity index (χ1v) is 9.51. The molecular formula is C20H20ClN5. The molecular weight excluding hydrogens is 346 g/mol. The number of rotatable bonds is 2. The zero-order valence-electron chi connectivity index (χ0n) is 14.5. The van der Waals surface area contributed by atoms with Crippen molar-refractivity contribution in [3.63, 3.8) is 0 Å². The third-order valence-electron chi connectivity index (χ3n) is 5.51. The summed E-state index contributed by atoms with van der Waals surface area (Å²) in [5.41, 5.74) is 5.70. The number of fused-ring (bicyclic) bond motifs is 2. The van der Waals surface area contributed by atoms with Crippen LogP contribution in [-0.2, 0) is 25.8 Å². The Morgan fingerprint density at radius 2 is 1.88 bits per heavy atom. The van der Waals surface area contributed by atoms with E-state index in [9.17, 15) is 0 Å². The number of aromatic amines is 1. The van der Waals surface area contributed by atoms with Crippen molar-refractivity contribution in [2.45, 2.75) is 38.3 Å². The van der Waals surface area contributed by atoms with Gasteiger partial charge in [0.05, 0.1) is 22.1 Å². The normalized spacial score (nSPS) is 19.8. The number of aryl methyl sites for hydroxylation is 1. The van der Waals surface area contributed by atoms with E-state index in [1.165, 1.54) is 11.4 Å². The van der Waals surface area contributed by atoms with Crippen LogP contribution < -0.4 is 0 Å². The van der Waals surface area contributed by atoms with Gasteiger partial charge < -0.3 is 4.98 Å². The lowest BCUT2D eigenvalue weighted by atomic mass is 9.93. The molecule has 132 valence electrons. The van der Waals surface area contributed by atoms with Crippen LogP contribution in [0.4, 0.5) is 0 Å². The van der Waals surface area contributed by atoms with Crippen LogP contribution >= 0.6 is 11.6 Å². The molecule has 0 saturated carbocycles. The molecule has 5 rings (SSSR count). The summed E-state index contributed by atoms with van der Waals surface area (Å²) in [4.78, 5) is 19.9. The molecule has 6 heteroatoms. The molecule has 26 heavy (non-hydrogen) atoms. The summed E-state index contributed by atoms with van der Waals surface area (Å²) in [5, 5.41) is 0.737. The highest BCUT2D eigenvalue weighted by Gasteiger charge is 2.30. The van der Waals surface area contributed by atoms with Crippen LogP contribution in [0.15, 0.2) is 36.7 Å². The van der Waals surface area contributed by atoms with Crippen LogP contribution in [0.25, 0.3) is 11.4 Å². The SMILES string of the molecule is Clc1ccccc1-c1nc2c([nH]1)CC(N1CCc3nccnc3C1)CC2. The topological polar surface area (TPSA) is 57.7 Å². The Bertz CT molecular complexity index is 951. The molecule has 1 aliphatic carbocycles. The summed E-state index contributed by atoms with van der Waals surface area (Å²) in [6.45, 7) is 1.95. The Hall–Kier alpha value is -2.24. The lowest BCUT2D eigenvalue weighted by molar-refractivity contribution is 0.158. The fraction of sp³-hybridized carbons (Fsp3) is 0.350. The predicted molar refractivity (Wildman–Crippen MR) is 101 cm³/mol. The molecule has 0 radical (unpaired) electrons. The average molecular weight is 366 g/mol. The van der Waals surface area contributed by atoms with Gasteiger partial charge in [0.2, 0.25) is 0 Å². The van der Waals surface area contributed by atoms with Gasteiger partial charge in [-0.2, -0.15) is 0 Å². The molecule has 0 spiro atoms. The van der Waals surface area contributed by atoms with Crippen molar-refractivity contribution in [1.82, 2.24) is 24.8 Å². The van der Waals surface area contributed by atoms with Gasteiger partial charge in [0, 0.05) is 55.6 Å². The number of aromatic nitrogens is 4. The molecule has 1 aliphatic heterocycles. The molecule has 0 saturated heterocycles. The second-order valence-corrected chi connectivity index (χ2v) is 7.46. The number of imidazole rings is 1. The summed E-state index contributed by atoms with van der Waals surface area (Å²) in [5.74, 6) is 0.885. The number of benzene rings is 1. The Labute approximate surface area is 157 Å². The lowest BCUT2D eigenvalue weighted by Crippen LogP contribution is -2.42. The summed E-state index contributed by atoms with van der Waals surface area (Å²) in [6.07, 6.45) is 7.72. The van der Waals surface area contributed by atoms with Crippen molar-refractivity contribution in [1.29, 1.82) is 0 Å². The highest BCUT2D eigenvalue weighted by molar-refractivity contribution is 6.33. The van der Waals surface area contributed by atoms with Gasteiger partial charge in [-0.05, 0) is 25.0 Å². The molecule has 2 aliphatic rings. The van der Waals surface area contributed by atoms with E-state index in [-0.39, 0.29) is 0 Å². The third kappa shape index (κ3) is 2.81. The first-order valence-electron chi connectivity index (χ1n) is 9.13. The van der Waals surface area contributed by atoms with Gasteiger partial charge >= 0.3 is 0 Å². The van der Waals surface area contributed by atoms with E-state index in [0.29, 0.717) is 6.04 Å². The van der Waals surface area contributed by atoms with Crippen molar-refractivity contribution in [3.05, 3.63) is 64.5 Å². The highest BCUT2D eigenvalue weighted by Crippen LogP contribution is 2.31. The fourth-order valence-corrected chi connectivity index (χ4v) is 4.35. The van der Waals surface area contributed by atoms with E-state index in [1.807, 2.05) is 24.3 Å². The van der Waals surface area contributed by atoms with Crippen LogP contribution in [0.1, 0.15) is 29.2 Å². The van der Waals surface area contributed by atoms with E-state index in [4.69, 9.17) is 16.6 Å². The van der Waals surface area contributed by atoms with Gasteiger partial charge in [0.25, 0.3) is 0 Å². The standard InChI is InChI=1S/C20H20ClN5/c21-15-4-2-1-3-14(15)20-24-17-6-5-13(11-18(17)25-20)26-10-7-16-19(12-26)23-9-8-22-16/h1-4,8-9,13H,5-7,10-12H2,(H,24,25). The second kappa shape index (κ2) is 6.49. The van der Waals surface area contributed by atoms with Gasteiger partial charge in [-0.3, -0.25) is 14.9 Å². The number of hydrogen-bond acceptors (Lipinski definition) is 4. The van der Waals surface area contributed by atoms with E-state index in [2.05, 4.69) is 19.9 Å². The van der Waals surface area contributed by atoms with Gasteiger partial charge in [-0.25, -0.2) is 4.98 Å². The van der Waals surface area contributed by atoms with E-state index < -0.39 is 0 Å². The fourth-order valence-electron chi connectivity index (χ4n) is 4.12. The van der Waals surface area contributed by atoms with E-state index >= 15 is 0 Å². The molecule has 1 N–H and O–H groups in total. The minimum Gasteiger partial charge on any atom is -0.342 e. The highest BCUT2D eigenvalue weighted by atomic mass is 35.5. The zero-order chi connectivity index (χ0) is 17.5.